The average molecular weight is 329 g/mol. The van der Waals surface area contributed by atoms with Gasteiger partial charge in [0.25, 0.3) is 0 Å². The number of hydrazine groups is 2. The van der Waals surface area contributed by atoms with Gasteiger partial charge in [-0.1, -0.05) is 0 Å². The van der Waals surface area contributed by atoms with Crippen LogP contribution in [0.4, 0.5) is 0 Å². The first-order chi connectivity index (χ1) is 11.2. The molecule has 0 radical (unpaired) electrons. The monoisotopic (exact) mass is 329 g/mol. The number of amides is 1. The van der Waals surface area contributed by atoms with Crippen LogP contribution in [0.5, 0.6) is 0 Å². The zero-order valence-corrected chi connectivity index (χ0v) is 13.3. The van der Waals surface area contributed by atoms with Crippen LogP contribution in [0.2, 0.25) is 0 Å². The molecule has 3 rings (SSSR count). The number of nitrogens with zero attached hydrogens (tertiary/aromatic N) is 1. The van der Waals surface area contributed by atoms with E-state index in [4.69, 9.17) is 4.74 Å². The molecule has 5 unspecified atom stereocenters. The minimum atomic E-state index is -0.972. The van der Waals surface area contributed by atoms with Crippen molar-refractivity contribution in [3.8, 4) is 0 Å². The third-order valence-electron chi connectivity index (χ3n) is 4.70. The van der Waals surface area contributed by atoms with E-state index in [1.165, 1.54) is 7.11 Å². The molecule has 1 amide bonds. The van der Waals surface area contributed by atoms with Gasteiger partial charge in [0.05, 0.1) is 18.2 Å². The topological polar surface area (TPSA) is 122 Å². The summed E-state index contributed by atoms with van der Waals surface area (Å²) in [6.45, 7) is 3.45. The number of methoxy groups -OCH3 is 1. The third-order valence-corrected chi connectivity index (χ3v) is 4.70. The molecule has 5 atom stereocenters. The summed E-state index contributed by atoms with van der Waals surface area (Å²) >= 11 is 0. The largest absolute Gasteiger partial charge is 0.367 e. The normalized spacial score (nSPS) is 37.0. The summed E-state index contributed by atoms with van der Waals surface area (Å²) in [6, 6.07) is -0.869. The van der Waals surface area contributed by atoms with Crippen molar-refractivity contribution in [2.45, 2.75) is 43.4 Å². The number of rotatable bonds is 5. The van der Waals surface area contributed by atoms with Crippen molar-refractivity contribution >= 4 is 5.91 Å². The SMILES string of the molecule is COC(O)C1NNCC1NC(=O)C1CCC(N2CCNC2)NN1. The van der Waals surface area contributed by atoms with Crippen molar-refractivity contribution in [3.05, 3.63) is 0 Å². The van der Waals surface area contributed by atoms with Crippen LogP contribution in [-0.2, 0) is 9.53 Å². The van der Waals surface area contributed by atoms with Crippen LogP contribution in [0.3, 0.4) is 0 Å². The lowest BCUT2D eigenvalue weighted by molar-refractivity contribution is -0.127. The van der Waals surface area contributed by atoms with Gasteiger partial charge in [-0.2, -0.15) is 0 Å². The van der Waals surface area contributed by atoms with Crippen molar-refractivity contribution in [1.29, 1.82) is 0 Å². The molecule has 0 spiro atoms. The smallest absolute Gasteiger partial charge is 0.238 e. The zero-order valence-electron chi connectivity index (χ0n) is 13.3. The Morgan fingerprint density at radius 1 is 1.35 bits per heavy atom. The molecule has 132 valence electrons. The van der Waals surface area contributed by atoms with E-state index in [1.54, 1.807) is 0 Å². The van der Waals surface area contributed by atoms with E-state index in [0.29, 0.717) is 6.54 Å². The molecule has 10 nitrogen and oxygen atoms in total. The Morgan fingerprint density at radius 3 is 2.87 bits per heavy atom. The number of hydrogen-bond donors (Lipinski definition) is 7. The highest BCUT2D eigenvalue weighted by Gasteiger charge is 2.36. The Bertz CT molecular complexity index is 399. The van der Waals surface area contributed by atoms with Gasteiger partial charge >= 0.3 is 0 Å². The van der Waals surface area contributed by atoms with Crippen LogP contribution in [0.15, 0.2) is 0 Å². The van der Waals surface area contributed by atoms with Crippen LogP contribution in [0.25, 0.3) is 0 Å². The molecule has 0 aromatic rings. The highest BCUT2D eigenvalue weighted by Crippen LogP contribution is 2.13. The minimum absolute atomic E-state index is 0.0701. The van der Waals surface area contributed by atoms with Crippen LogP contribution in [0, 0.1) is 0 Å². The summed E-state index contributed by atoms with van der Waals surface area (Å²) in [4.78, 5) is 14.7. The predicted molar refractivity (Wildman–Crippen MR) is 82.5 cm³/mol. The number of nitrogens with one attached hydrogen (secondary N) is 6. The summed E-state index contributed by atoms with van der Waals surface area (Å²) in [5.74, 6) is -0.0701. The second-order valence-electron chi connectivity index (χ2n) is 6.20. The Morgan fingerprint density at radius 2 is 2.22 bits per heavy atom. The molecule has 7 N–H and O–H groups in total. The first-order valence-electron chi connectivity index (χ1n) is 8.14. The third kappa shape index (κ3) is 3.98. The van der Waals surface area contributed by atoms with E-state index in [2.05, 4.69) is 37.2 Å². The summed E-state index contributed by atoms with van der Waals surface area (Å²) in [5.41, 5.74) is 12.2. The summed E-state index contributed by atoms with van der Waals surface area (Å²) < 4.78 is 4.92. The van der Waals surface area contributed by atoms with Crippen LogP contribution >= 0.6 is 0 Å². The van der Waals surface area contributed by atoms with E-state index in [0.717, 1.165) is 32.6 Å². The summed E-state index contributed by atoms with van der Waals surface area (Å²) in [5, 5.41) is 16.1. The van der Waals surface area contributed by atoms with Gasteiger partial charge in [-0.25, -0.2) is 16.3 Å². The van der Waals surface area contributed by atoms with E-state index < -0.39 is 6.29 Å². The van der Waals surface area contributed by atoms with Crippen LogP contribution in [-0.4, -0.2) is 79.9 Å². The van der Waals surface area contributed by atoms with Crippen LogP contribution in [0.1, 0.15) is 12.8 Å². The number of aliphatic hydroxyl groups is 1. The molecule has 0 aliphatic carbocycles. The lowest BCUT2D eigenvalue weighted by Crippen LogP contribution is -2.63. The lowest BCUT2D eigenvalue weighted by Gasteiger charge is -2.35. The minimum Gasteiger partial charge on any atom is -0.367 e. The molecule has 0 saturated carbocycles. The Balaban J connectivity index is 1.45. The standard InChI is InChI=1S/C13H27N7O3/c1-23-13(22)11-9(6-15-19-11)16-12(21)8-2-3-10(18-17-8)20-5-4-14-7-20/h8-11,13-15,17-19,22H,2-7H2,1H3,(H,16,21). The molecule has 23 heavy (non-hydrogen) atoms. The fourth-order valence-corrected chi connectivity index (χ4v) is 3.28. The number of ether oxygens (including phenoxy) is 1. The first-order valence-corrected chi connectivity index (χ1v) is 8.14. The zero-order chi connectivity index (χ0) is 16.2. The fourth-order valence-electron chi connectivity index (χ4n) is 3.28. The van der Waals surface area contributed by atoms with Gasteiger partial charge in [0.2, 0.25) is 5.91 Å². The molecule has 3 aliphatic heterocycles. The Hall–Kier alpha value is -0.850. The highest BCUT2D eigenvalue weighted by atomic mass is 16.6. The number of hydrogen-bond acceptors (Lipinski definition) is 9. The van der Waals surface area contributed by atoms with E-state index >= 15 is 0 Å². The molecule has 10 heteroatoms. The van der Waals surface area contributed by atoms with Gasteiger partial charge in [-0.05, 0) is 12.8 Å². The predicted octanol–water partition coefficient (Wildman–Crippen LogP) is -3.64. The summed E-state index contributed by atoms with van der Waals surface area (Å²) in [6.07, 6.45) is 0.968. The molecular weight excluding hydrogens is 302 g/mol. The molecule has 0 aromatic carbocycles. The number of carbonyl (C=O) groups is 1. The second kappa shape index (κ2) is 7.81. The van der Waals surface area contributed by atoms with Crippen LogP contribution < -0.4 is 32.3 Å². The molecule has 3 heterocycles. The maximum absolute atomic E-state index is 12.4. The van der Waals surface area contributed by atoms with Crippen molar-refractivity contribution in [2.75, 3.05) is 33.4 Å². The van der Waals surface area contributed by atoms with Crippen molar-refractivity contribution in [2.24, 2.45) is 0 Å². The van der Waals surface area contributed by atoms with Gasteiger partial charge in [-0.15, -0.1) is 0 Å². The Kier molecular flexibility index (Phi) is 5.77. The van der Waals surface area contributed by atoms with Crippen molar-refractivity contribution in [1.82, 2.24) is 37.2 Å². The van der Waals surface area contributed by atoms with Gasteiger partial charge in [0.15, 0.2) is 6.29 Å². The van der Waals surface area contributed by atoms with Gasteiger partial charge < -0.3 is 20.5 Å². The molecular formula is C13H27N7O3. The quantitative estimate of drug-likeness (QED) is 0.256. The van der Waals surface area contributed by atoms with E-state index in [1.807, 2.05) is 0 Å². The number of aliphatic hydroxyl groups excluding tert-OH is 1. The van der Waals surface area contributed by atoms with E-state index in [-0.39, 0.29) is 30.2 Å². The second-order valence-corrected chi connectivity index (χ2v) is 6.20. The van der Waals surface area contributed by atoms with Gasteiger partial charge in [-0.3, -0.25) is 15.1 Å². The molecule has 0 aromatic heterocycles. The fraction of sp³-hybridized carbons (Fsp3) is 0.923. The van der Waals surface area contributed by atoms with Gasteiger partial charge in [0, 0.05) is 33.4 Å². The van der Waals surface area contributed by atoms with Crippen molar-refractivity contribution in [3.63, 3.8) is 0 Å². The number of carbonyl (C=O) groups excluding carboxylic acids is 1. The molecule has 3 aliphatic rings. The molecule has 3 saturated heterocycles. The summed E-state index contributed by atoms with van der Waals surface area (Å²) in [7, 11) is 1.43. The average Bonchev–Trinajstić information content (AvgIpc) is 3.26. The highest BCUT2D eigenvalue weighted by molar-refractivity contribution is 5.82. The maximum Gasteiger partial charge on any atom is 0.238 e. The lowest BCUT2D eigenvalue weighted by atomic mass is 10.1. The van der Waals surface area contributed by atoms with Gasteiger partial charge in [0.1, 0.15) is 6.04 Å². The molecule has 0 bridgehead atoms. The molecule has 3 fully saturated rings. The first kappa shape index (κ1) is 17.0. The van der Waals surface area contributed by atoms with E-state index in [9.17, 15) is 9.90 Å². The van der Waals surface area contributed by atoms with Crippen molar-refractivity contribution < 1.29 is 14.6 Å². The maximum atomic E-state index is 12.4. The Labute approximate surface area is 135 Å².